The van der Waals surface area contributed by atoms with E-state index < -0.39 is 23.6 Å². The van der Waals surface area contributed by atoms with Gasteiger partial charge in [-0.2, -0.15) is 0 Å². The Morgan fingerprint density at radius 1 is 1.00 bits per heavy atom. The van der Waals surface area contributed by atoms with Crippen molar-refractivity contribution in [1.82, 2.24) is 0 Å². The fourth-order valence-electron chi connectivity index (χ4n) is 1.78. The Kier molecular flexibility index (Phi) is 8.00. The van der Waals surface area contributed by atoms with Crippen LogP contribution in [0.5, 0.6) is 0 Å². The molecule has 0 aliphatic rings. The largest absolute Gasteiger partial charge is 0.465 e. The Bertz CT molecular complexity index is 298. The van der Waals surface area contributed by atoms with Crippen molar-refractivity contribution >= 4 is 17.7 Å². The molecule has 2 atom stereocenters. The normalized spacial score (nSPS) is 13.6. The Hall–Kier alpha value is -1.39. The topological polar surface area (TPSA) is 69.7 Å². The fourth-order valence-corrected chi connectivity index (χ4v) is 1.78. The van der Waals surface area contributed by atoms with Crippen molar-refractivity contribution in [2.24, 2.45) is 11.8 Å². The molecule has 18 heavy (non-hydrogen) atoms. The lowest BCUT2D eigenvalue weighted by Gasteiger charge is -2.19. The van der Waals surface area contributed by atoms with Gasteiger partial charge in [0, 0.05) is 0 Å². The maximum Gasteiger partial charge on any atom is 0.375 e. The summed E-state index contributed by atoms with van der Waals surface area (Å²) in [6.07, 6.45) is 1.50. The van der Waals surface area contributed by atoms with E-state index in [9.17, 15) is 14.4 Å². The van der Waals surface area contributed by atoms with Crippen molar-refractivity contribution in [2.75, 3.05) is 13.2 Å². The first-order chi connectivity index (χ1) is 8.49. The van der Waals surface area contributed by atoms with E-state index in [1.807, 2.05) is 6.92 Å². The lowest BCUT2D eigenvalue weighted by atomic mass is 9.87. The molecular formula is C13H22O5. The molecule has 0 fully saturated rings. The van der Waals surface area contributed by atoms with Crippen LogP contribution in [0.1, 0.15) is 40.5 Å². The van der Waals surface area contributed by atoms with Crippen molar-refractivity contribution in [2.45, 2.75) is 40.5 Å². The Balaban J connectivity index is 4.90. The number of rotatable bonds is 8. The van der Waals surface area contributed by atoms with Crippen molar-refractivity contribution in [3.8, 4) is 0 Å². The van der Waals surface area contributed by atoms with Gasteiger partial charge in [0.25, 0.3) is 5.78 Å². The molecule has 0 aromatic heterocycles. The Labute approximate surface area is 108 Å². The van der Waals surface area contributed by atoms with E-state index >= 15 is 0 Å². The monoisotopic (exact) mass is 258 g/mol. The van der Waals surface area contributed by atoms with Gasteiger partial charge in [0.15, 0.2) is 0 Å². The molecule has 0 bridgehead atoms. The Morgan fingerprint density at radius 2 is 1.56 bits per heavy atom. The summed E-state index contributed by atoms with van der Waals surface area (Å²) in [7, 11) is 0. The van der Waals surface area contributed by atoms with E-state index in [1.165, 1.54) is 0 Å². The van der Waals surface area contributed by atoms with Crippen LogP contribution in [0.15, 0.2) is 0 Å². The maximum atomic E-state index is 11.9. The molecule has 104 valence electrons. The zero-order valence-electron chi connectivity index (χ0n) is 11.5. The van der Waals surface area contributed by atoms with Crippen molar-refractivity contribution in [3.05, 3.63) is 0 Å². The average Bonchev–Trinajstić information content (AvgIpc) is 2.30. The zero-order valence-corrected chi connectivity index (χ0v) is 11.5. The van der Waals surface area contributed by atoms with Crippen LogP contribution in [0.3, 0.4) is 0 Å². The molecule has 0 saturated heterocycles. The number of ether oxygens (including phenoxy) is 2. The second-order valence-electron chi connectivity index (χ2n) is 4.08. The van der Waals surface area contributed by atoms with Gasteiger partial charge in [-0.1, -0.05) is 20.3 Å². The minimum absolute atomic E-state index is 0.113. The standard InChI is InChI=1S/C13H22O5/c1-5-8-9(4)10(12(15)17-6-2)11(14)13(16)18-7-3/h9-10H,5-8H2,1-4H3/t9-,10?/m0/s1. The Morgan fingerprint density at radius 3 is 2.00 bits per heavy atom. The second kappa shape index (κ2) is 8.66. The summed E-state index contributed by atoms with van der Waals surface area (Å²) in [6, 6.07) is 0. The number of ketones is 1. The van der Waals surface area contributed by atoms with Crippen LogP contribution >= 0.6 is 0 Å². The molecule has 0 saturated carbocycles. The molecule has 1 unspecified atom stereocenters. The van der Waals surface area contributed by atoms with Gasteiger partial charge >= 0.3 is 11.9 Å². The van der Waals surface area contributed by atoms with Gasteiger partial charge in [0.05, 0.1) is 13.2 Å². The van der Waals surface area contributed by atoms with Crippen LogP contribution < -0.4 is 0 Å². The molecule has 0 aromatic carbocycles. The van der Waals surface area contributed by atoms with Gasteiger partial charge in [0.1, 0.15) is 5.92 Å². The third-order valence-electron chi connectivity index (χ3n) is 2.61. The predicted molar refractivity (Wildman–Crippen MR) is 65.8 cm³/mol. The minimum Gasteiger partial charge on any atom is -0.465 e. The summed E-state index contributed by atoms with van der Waals surface area (Å²) in [6.45, 7) is 7.29. The highest BCUT2D eigenvalue weighted by atomic mass is 16.5. The molecule has 0 amide bonds. The SMILES string of the molecule is CCC[C@H](C)C(C(=O)OCC)C(=O)C(=O)OCC. The quantitative estimate of drug-likeness (QED) is 0.377. The number of hydrogen-bond acceptors (Lipinski definition) is 5. The zero-order chi connectivity index (χ0) is 14.1. The van der Waals surface area contributed by atoms with Gasteiger partial charge in [0.2, 0.25) is 0 Å². The molecule has 0 radical (unpaired) electrons. The number of hydrogen-bond donors (Lipinski definition) is 0. The van der Waals surface area contributed by atoms with Crippen molar-refractivity contribution < 1.29 is 23.9 Å². The van der Waals surface area contributed by atoms with Crippen molar-refractivity contribution in [1.29, 1.82) is 0 Å². The van der Waals surface area contributed by atoms with E-state index in [0.717, 1.165) is 6.42 Å². The fraction of sp³-hybridized carbons (Fsp3) is 0.769. The highest BCUT2D eigenvalue weighted by Gasteiger charge is 2.37. The van der Waals surface area contributed by atoms with Gasteiger partial charge in [-0.25, -0.2) is 4.79 Å². The number of esters is 2. The maximum absolute atomic E-state index is 11.9. The van der Waals surface area contributed by atoms with Gasteiger partial charge in [-0.15, -0.1) is 0 Å². The summed E-state index contributed by atoms with van der Waals surface area (Å²) in [4.78, 5) is 35.1. The molecular weight excluding hydrogens is 236 g/mol. The highest BCUT2D eigenvalue weighted by Crippen LogP contribution is 2.20. The first-order valence-corrected chi connectivity index (χ1v) is 6.37. The molecule has 0 aliphatic carbocycles. The molecule has 0 aromatic rings. The van der Waals surface area contributed by atoms with Crippen LogP contribution in [-0.2, 0) is 23.9 Å². The van der Waals surface area contributed by atoms with Crippen LogP contribution in [0.25, 0.3) is 0 Å². The number of carbonyl (C=O) groups excluding carboxylic acids is 3. The van der Waals surface area contributed by atoms with Crippen LogP contribution in [0.4, 0.5) is 0 Å². The third-order valence-corrected chi connectivity index (χ3v) is 2.61. The smallest absolute Gasteiger partial charge is 0.375 e. The number of Topliss-reactive ketones (excluding diaryl/α,β-unsaturated/α-hetero) is 1. The molecule has 0 N–H and O–H groups in total. The van der Waals surface area contributed by atoms with E-state index in [2.05, 4.69) is 4.74 Å². The third kappa shape index (κ3) is 4.85. The molecule has 0 rings (SSSR count). The summed E-state index contributed by atoms with van der Waals surface area (Å²) < 4.78 is 9.50. The summed E-state index contributed by atoms with van der Waals surface area (Å²) >= 11 is 0. The van der Waals surface area contributed by atoms with Gasteiger partial charge < -0.3 is 9.47 Å². The second-order valence-corrected chi connectivity index (χ2v) is 4.08. The lowest BCUT2D eigenvalue weighted by Crippen LogP contribution is -2.37. The summed E-state index contributed by atoms with van der Waals surface area (Å²) in [5, 5.41) is 0. The van der Waals surface area contributed by atoms with Crippen molar-refractivity contribution in [3.63, 3.8) is 0 Å². The summed E-state index contributed by atoms with van der Waals surface area (Å²) in [5.41, 5.74) is 0. The van der Waals surface area contributed by atoms with Crippen LogP contribution in [-0.4, -0.2) is 30.9 Å². The summed E-state index contributed by atoms with van der Waals surface area (Å²) in [5.74, 6) is -3.69. The molecule has 0 spiro atoms. The lowest BCUT2D eigenvalue weighted by molar-refractivity contribution is -0.163. The average molecular weight is 258 g/mol. The highest BCUT2D eigenvalue weighted by molar-refractivity contribution is 6.38. The van der Waals surface area contributed by atoms with E-state index in [1.54, 1.807) is 20.8 Å². The molecule has 0 aliphatic heterocycles. The molecule has 5 nitrogen and oxygen atoms in total. The minimum atomic E-state index is -1.05. The van der Waals surface area contributed by atoms with Gasteiger partial charge in [-0.3, -0.25) is 9.59 Å². The molecule has 0 heterocycles. The van der Waals surface area contributed by atoms with Crippen LogP contribution in [0.2, 0.25) is 0 Å². The predicted octanol–water partition coefficient (Wildman–Crippen LogP) is 1.73. The van der Waals surface area contributed by atoms with E-state index in [-0.39, 0.29) is 19.1 Å². The van der Waals surface area contributed by atoms with E-state index in [4.69, 9.17) is 4.74 Å². The molecule has 5 heteroatoms. The van der Waals surface area contributed by atoms with E-state index in [0.29, 0.717) is 6.42 Å². The first-order valence-electron chi connectivity index (χ1n) is 6.37. The van der Waals surface area contributed by atoms with Crippen LogP contribution in [0, 0.1) is 11.8 Å². The first kappa shape index (κ1) is 16.6. The van der Waals surface area contributed by atoms with Gasteiger partial charge in [-0.05, 0) is 26.2 Å². The number of carbonyl (C=O) groups is 3.